The van der Waals surface area contributed by atoms with Crippen molar-refractivity contribution in [3.63, 3.8) is 0 Å². The zero-order valence-corrected chi connectivity index (χ0v) is 12.6. The maximum Gasteiger partial charge on any atom is 0.159 e. The number of nitrogens with zero attached hydrogens (tertiary/aromatic N) is 6. The average Bonchev–Trinajstić information content (AvgIpc) is 3.26. The van der Waals surface area contributed by atoms with E-state index in [-0.39, 0.29) is 0 Å². The summed E-state index contributed by atoms with van der Waals surface area (Å²) in [6.45, 7) is 3.55. The first kappa shape index (κ1) is 13.9. The number of pyridine rings is 1. The molecule has 0 radical (unpaired) electrons. The first-order valence-corrected chi connectivity index (χ1v) is 7.65. The van der Waals surface area contributed by atoms with Gasteiger partial charge in [-0.2, -0.15) is 10.2 Å². The summed E-state index contributed by atoms with van der Waals surface area (Å²) in [5, 5.41) is 15.4. The lowest BCUT2D eigenvalue weighted by molar-refractivity contribution is 0.391. The summed E-state index contributed by atoms with van der Waals surface area (Å²) < 4.78 is 3.70. The van der Waals surface area contributed by atoms with Crippen LogP contribution in [0.2, 0.25) is 0 Å². The normalized spacial score (nSPS) is 16.8. The Morgan fingerprint density at radius 2 is 2.26 bits per heavy atom. The fourth-order valence-corrected chi connectivity index (χ4v) is 2.83. The van der Waals surface area contributed by atoms with Gasteiger partial charge in [0.1, 0.15) is 18.5 Å². The van der Waals surface area contributed by atoms with Gasteiger partial charge in [0.05, 0.1) is 6.20 Å². The van der Waals surface area contributed by atoms with Crippen LogP contribution in [-0.4, -0.2) is 42.6 Å². The SMILES string of the molecule is c1cnc(-n2cncn2)c(CNC[C@H]2CNc3ccnn3C2)c1. The van der Waals surface area contributed by atoms with E-state index in [2.05, 4.69) is 36.9 Å². The molecule has 0 amide bonds. The van der Waals surface area contributed by atoms with Crippen LogP contribution >= 0.6 is 0 Å². The summed E-state index contributed by atoms with van der Waals surface area (Å²) in [4.78, 5) is 8.39. The molecule has 0 saturated carbocycles. The van der Waals surface area contributed by atoms with E-state index in [0.717, 1.165) is 43.4 Å². The van der Waals surface area contributed by atoms with Gasteiger partial charge in [-0.3, -0.25) is 0 Å². The second-order valence-corrected chi connectivity index (χ2v) is 5.60. The molecule has 0 unspecified atom stereocenters. The molecule has 8 heteroatoms. The van der Waals surface area contributed by atoms with E-state index in [0.29, 0.717) is 5.92 Å². The van der Waals surface area contributed by atoms with Crippen molar-refractivity contribution in [1.29, 1.82) is 0 Å². The maximum atomic E-state index is 4.40. The molecule has 4 rings (SSSR count). The molecular weight excluding hydrogens is 292 g/mol. The Morgan fingerprint density at radius 1 is 1.26 bits per heavy atom. The Labute approximate surface area is 133 Å². The fraction of sp³-hybridized carbons (Fsp3) is 0.333. The molecule has 4 heterocycles. The Kier molecular flexibility index (Phi) is 3.73. The molecule has 3 aromatic heterocycles. The molecule has 0 aliphatic carbocycles. The third kappa shape index (κ3) is 2.93. The van der Waals surface area contributed by atoms with Gasteiger partial charge in [-0.15, -0.1) is 0 Å². The minimum atomic E-state index is 0.508. The second-order valence-electron chi connectivity index (χ2n) is 5.60. The molecule has 1 aliphatic rings. The van der Waals surface area contributed by atoms with Gasteiger partial charge < -0.3 is 10.6 Å². The number of rotatable bonds is 5. The van der Waals surface area contributed by atoms with Crippen LogP contribution < -0.4 is 10.6 Å². The molecule has 0 fully saturated rings. The molecule has 0 aromatic carbocycles. The first-order chi connectivity index (χ1) is 11.4. The van der Waals surface area contributed by atoms with Crippen LogP contribution in [0.1, 0.15) is 5.56 Å². The molecule has 1 aliphatic heterocycles. The van der Waals surface area contributed by atoms with Crippen LogP contribution in [0.15, 0.2) is 43.2 Å². The summed E-state index contributed by atoms with van der Waals surface area (Å²) in [6.07, 6.45) is 6.78. The Balaban J connectivity index is 1.37. The highest BCUT2D eigenvalue weighted by Gasteiger charge is 2.17. The largest absolute Gasteiger partial charge is 0.370 e. The van der Waals surface area contributed by atoms with Gasteiger partial charge in [-0.1, -0.05) is 6.07 Å². The van der Waals surface area contributed by atoms with Crippen molar-refractivity contribution in [2.45, 2.75) is 13.1 Å². The summed E-state index contributed by atoms with van der Waals surface area (Å²) in [5.74, 6) is 2.42. The highest BCUT2D eigenvalue weighted by molar-refractivity contribution is 5.35. The third-order valence-corrected chi connectivity index (χ3v) is 3.97. The van der Waals surface area contributed by atoms with Gasteiger partial charge in [-0.05, 0) is 6.07 Å². The van der Waals surface area contributed by atoms with Crippen molar-refractivity contribution in [1.82, 2.24) is 34.8 Å². The van der Waals surface area contributed by atoms with Crippen LogP contribution in [0.5, 0.6) is 0 Å². The third-order valence-electron chi connectivity index (χ3n) is 3.97. The lowest BCUT2D eigenvalue weighted by Gasteiger charge is -2.25. The van der Waals surface area contributed by atoms with E-state index in [1.165, 1.54) is 6.33 Å². The number of hydrogen-bond donors (Lipinski definition) is 2. The number of fused-ring (bicyclic) bond motifs is 1. The topological polar surface area (TPSA) is 85.5 Å². The van der Waals surface area contributed by atoms with Gasteiger partial charge in [0, 0.05) is 49.9 Å². The van der Waals surface area contributed by atoms with E-state index in [1.807, 2.05) is 23.0 Å². The summed E-state index contributed by atoms with van der Waals surface area (Å²) in [7, 11) is 0. The summed E-state index contributed by atoms with van der Waals surface area (Å²) in [6, 6.07) is 6.00. The van der Waals surface area contributed by atoms with Gasteiger partial charge in [0.25, 0.3) is 0 Å². The van der Waals surface area contributed by atoms with Gasteiger partial charge in [0.2, 0.25) is 0 Å². The monoisotopic (exact) mass is 310 g/mol. The van der Waals surface area contributed by atoms with Gasteiger partial charge in [-0.25, -0.2) is 19.3 Å². The molecule has 0 spiro atoms. The Hall–Kier alpha value is -2.74. The number of nitrogens with one attached hydrogen (secondary N) is 2. The van der Waals surface area contributed by atoms with E-state index >= 15 is 0 Å². The second kappa shape index (κ2) is 6.17. The molecule has 2 N–H and O–H groups in total. The van der Waals surface area contributed by atoms with E-state index in [1.54, 1.807) is 17.2 Å². The molecule has 3 aromatic rings. The lowest BCUT2D eigenvalue weighted by Crippen LogP contribution is -2.35. The smallest absolute Gasteiger partial charge is 0.159 e. The van der Waals surface area contributed by atoms with Crippen LogP contribution in [0.25, 0.3) is 5.82 Å². The highest BCUT2D eigenvalue weighted by Crippen LogP contribution is 2.16. The highest BCUT2D eigenvalue weighted by atomic mass is 15.3. The zero-order chi connectivity index (χ0) is 15.5. The maximum absolute atomic E-state index is 4.40. The molecule has 23 heavy (non-hydrogen) atoms. The van der Waals surface area contributed by atoms with E-state index < -0.39 is 0 Å². The summed E-state index contributed by atoms with van der Waals surface area (Å²) >= 11 is 0. The van der Waals surface area contributed by atoms with Gasteiger partial charge in [0.15, 0.2) is 5.82 Å². The van der Waals surface area contributed by atoms with Crippen molar-refractivity contribution >= 4 is 5.82 Å². The minimum absolute atomic E-state index is 0.508. The molecule has 0 saturated heterocycles. The van der Waals surface area contributed by atoms with Crippen molar-refractivity contribution in [3.05, 3.63) is 48.8 Å². The number of anilines is 1. The number of hydrogen-bond acceptors (Lipinski definition) is 6. The summed E-state index contributed by atoms with van der Waals surface area (Å²) in [5.41, 5.74) is 1.10. The first-order valence-electron chi connectivity index (χ1n) is 7.65. The predicted octanol–water partition coefficient (Wildman–Crippen LogP) is 0.690. The lowest BCUT2D eigenvalue weighted by atomic mass is 10.1. The van der Waals surface area contributed by atoms with Crippen LogP contribution in [0, 0.1) is 5.92 Å². The molecule has 118 valence electrons. The fourth-order valence-electron chi connectivity index (χ4n) is 2.83. The average molecular weight is 310 g/mol. The van der Waals surface area contributed by atoms with Crippen molar-refractivity contribution in [2.75, 3.05) is 18.4 Å². The molecule has 1 atom stereocenters. The van der Waals surface area contributed by atoms with Crippen LogP contribution in [0.3, 0.4) is 0 Å². The van der Waals surface area contributed by atoms with Crippen LogP contribution in [-0.2, 0) is 13.1 Å². The Morgan fingerprint density at radius 3 is 3.17 bits per heavy atom. The standard InChI is InChI=1S/C15H18N8/c1-2-13(15(18-4-1)23-11-17-10-21-23)8-16-6-12-7-19-14-3-5-20-22(14)9-12/h1-5,10-12,16,19H,6-9H2/t12-/m0/s1. The van der Waals surface area contributed by atoms with Crippen molar-refractivity contribution in [3.8, 4) is 5.82 Å². The predicted molar refractivity (Wildman–Crippen MR) is 85.1 cm³/mol. The Bertz CT molecular complexity index is 763. The minimum Gasteiger partial charge on any atom is -0.370 e. The van der Waals surface area contributed by atoms with Crippen molar-refractivity contribution < 1.29 is 0 Å². The van der Waals surface area contributed by atoms with E-state index in [4.69, 9.17) is 0 Å². The molecular formula is C15H18N8. The number of aromatic nitrogens is 6. The zero-order valence-electron chi connectivity index (χ0n) is 12.6. The quantitative estimate of drug-likeness (QED) is 0.721. The van der Waals surface area contributed by atoms with E-state index in [9.17, 15) is 0 Å². The van der Waals surface area contributed by atoms with Gasteiger partial charge >= 0.3 is 0 Å². The van der Waals surface area contributed by atoms with Crippen LogP contribution in [0.4, 0.5) is 5.82 Å². The van der Waals surface area contributed by atoms with Crippen molar-refractivity contribution in [2.24, 2.45) is 5.92 Å². The molecule has 0 bridgehead atoms. The molecule has 8 nitrogen and oxygen atoms in total.